The van der Waals surface area contributed by atoms with E-state index >= 15 is 0 Å². The van der Waals surface area contributed by atoms with Crippen LogP contribution in [0.1, 0.15) is 5.56 Å². The van der Waals surface area contributed by atoms with Crippen LogP contribution in [0.4, 0.5) is 0 Å². The summed E-state index contributed by atoms with van der Waals surface area (Å²) in [6.45, 7) is 0.892. The molecule has 17 heavy (non-hydrogen) atoms. The fraction of sp³-hybridized carbons (Fsp3) is 0.0769. The first-order valence-corrected chi connectivity index (χ1v) is 5.19. The van der Waals surface area contributed by atoms with Gasteiger partial charge in [-0.15, -0.1) is 0 Å². The molecule has 3 rings (SSSR count). The van der Waals surface area contributed by atoms with E-state index in [0.717, 1.165) is 22.4 Å². The third-order valence-corrected chi connectivity index (χ3v) is 2.71. The number of carbonyl (C=O) groups excluding carboxylic acids is 1. The minimum atomic E-state index is 0.405. The number of fused-ring (bicyclic) bond motifs is 3. The van der Waals surface area contributed by atoms with Gasteiger partial charge in [-0.1, -0.05) is 0 Å². The third-order valence-electron chi connectivity index (χ3n) is 2.71. The van der Waals surface area contributed by atoms with Gasteiger partial charge in [0.25, 0.3) is 6.47 Å². The van der Waals surface area contributed by atoms with Gasteiger partial charge in [0, 0.05) is 29.6 Å². The van der Waals surface area contributed by atoms with E-state index in [1.807, 2.05) is 12.1 Å². The first-order chi connectivity index (χ1) is 8.38. The smallest absolute Gasteiger partial charge is 0.298 e. The van der Waals surface area contributed by atoms with Crippen molar-refractivity contribution in [2.24, 2.45) is 0 Å². The molecule has 1 aliphatic rings. The second-order valence-corrected chi connectivity index (χ2v) is 3.69. The van der Waals surface area contributed by atoms with E-state index in [-0.39, 0.29) is 0 Å². The third kappa shape index (κ3) is 1.63. The van der Waals surface area contributed by atoms with Crippen LogP contribution < -0.4 is 9.47 Å². The Morgan fingerprint density at radius 3 is 3.12 bits per heavy atom. The molecule has 84 valence electrons. The van der Waals surface area contributed by atoms with Crippen LogP contribution in [-0.2, 0) is 11.4 Å². The quantitative estimate of drug-likeness (QED) is 0.738. The van der Waals surface area contributed by atoms with E-state index in [0.29, 0.717) is 18.8 Å². The molecule has 4 heteroatoms. The summed E-state index contributed by atoms with van der Waals surface area (Å²) in [7, 11) is 0. The van der Waals surface area contributed by atoms with Gasteiger partial charge in [-0.25, -0.2) is 0 Å². The van der Waals surface area contributed by atoms with E-state index in [1.165, 1.54) is 0 Å². The molecule has 1 aromatic heterocycles. The average molecular weight is 227 g/mol. The highest BCUT2D eigenvalue weighted by Gasteiger charge is 2.17. The summed E-state index contributed by atoms with van der Waals surface area (Å²) in [6.07, 6.45) is 3.55. The topological polar surface area (TPSA) is 48.4 Å². The van der Waals surface area contributed by atoms with Crippen LogP contribution in [0.15, 0.2) is 36.7 Å². The fourth-order valence-electron chi connectivity index (χ4n) is 1.93. The van der Waals surface area contributed by atoms with Crippen molar-refractivity contribution in [2.45, 2.75) is 6.61 Å². The number of hydrogen-bond donors (Lipinski definition) is 0. The summed E-state index contributed by atoms with van der Waals surface area (Å²) in [5.74, 6) is 1.21. The van der Waals surface area contributed by atoms with Gasteiger partial charge >= 0.3 is 0 Å². The zero-order chi connectivity index (χ0) is 11.7. The summed E-state index contributed by atoms with van der Waals surface area (Å²) < 4.78 is 10.4. The largest absolute Gasteiger partial charge is 0.488 e. The molecule has 0 N–H and O–H groups in total. The predicted octanol–water partition coefficient (Wildman–Crippen LogP) is 2.18. The highest BCUT2D eigenvalue weighted by Crippen LogP contribution is 2.38. The van der Waals surface area contributed by atoms with Crippen molar-refractivity contribution in [1.82, 2.24) is 4.98 Å². The second kappa shape index (κ2) is 3.90. The molecule has 0 unspecified atom stereocenters. The van der Waals surface area contributed by atoms with Crippen LogP contribution in [0.2, 0.25) is 0 Å². The van der Waals surface area contributed by atoms with Crippen molar-refractivity contribution >= 4 is 6.47 Å². The Morgan fingerprint density at radius 2 is 2.24 bits per heavy atom. The lowest BCUT2D eigenvalue weighted by Crippen LogP contribution is -2.06. The first-order valence-electron chi connectivity index (χ1n) is 5.19. The van der Waals surface area contributed by atoms with Crippen LogP contribution in [0.3, 0.4) is 0 Å². The molecule has 0 amide bonds. The number of benzene rings is 1. The van der Waals surface area contributed by atoms with Gasteiger partial charge in [-0.3, -0.25) is 9.78 Å². The van der Waals surface area contributed by atoms with Crippen LogP contribution in [0, 0.1) is 0 Å². The molecule has 0 radical (unpaired) electrons. The molecule has 0 spiro atoms. The highest BCUT2D eigenvalue weighted by atomic mass is 16.5. The van der Waals surface area contributed by atoms with Crippen molar-refractivity contribution in [2.75, 3.05) is 0 Å². The summed E-state index contributed by atoms with van der Waals surface area (Å²) in [5.41, 5.74) is 3.16. The Kier molecular flexibility index (Phi) is 2.26. The number of carbonyl (C=O) groups is 1. The zero-order valence-electron chi connectivity index (χ0n) is 8.92. The molecular weight excluding hydrogens is 218 g/mol. The summed E-state index contributed by atoms with van der Waals surface area (Å²) in [4.78, 5) is 14.3. The lowest BCUT2D eigenvalue weighted by Gasteiger charge is -2.20. The standard InChI is InChI=1S/C13H9NO3/c15-8-17-10-1-2-12-11-3-4-14-6-9(11)7-16-13(12)5-10/h1-6,8H,7H2. The Hall–Kier alpha value is -2.36. The second-order valence-electron chi connectivity index (χ2n) is 3.69. The number of rotatable bonds is 2. The molecule has 0 saturated heterocycles. The monoisotopic (exact) mass is 227 g/mol. The number of hydrogen-bond acceptors (Lipinski definition) is 4. The maximum atomic E-state index is 10.3. The van der Waals surface area contributed by atoms with Gasteiger partial charge in [-0.2, -0.15) is 0 Å². The normalized spacial score (nSPS) is 12.0. The molecule has 1 aromatic carbocycles. The molecule has 2 aromatic rings. The van der Waals surface area contributed by atoms with E-state index in [9.17, 15) is 4.79 Å². The van der Waals surface area contributed by atoms with E-state index in [4.69, 9.17) is 9.47 Å². The van der Waals surface area contributed by atoms with Crippen LogP contribution in [0.25, 0.3) is 11.1 Å². The van der Waals surface area contributed by atoms with Gasteiger partial charge in [0.15, 0.2) is 0 Å². The van der Waals surface area contributed by atoms with Gasteiger partial charge in [0.2, 0.25) is 0 Å². The lowest BCUT2D eigenvalue weighted by molar-refractivity contribution is -0.120. The maximum absolute atomic E-state index is 10.3. The Balaban J connectivity index is 2.11. The molecule has 2 heterocycles. The lowest BCUT2D eigenvalue weighted by atomic mass is 9.99. The fourth-order valence-corrected chi connectivity index (χ4v) is 1.93. The average Bonchev–Trinajstić information content (AvgIpc) is 2.39. The van der Waals surface area contributed by atoms with E-state index < -0.39 is 0 Å². The zero-order valence-corrected chi connectivity index (χ0v) is 8.92. The van der Waals surface area contributed by atoms with Crippen molar-refractivity contribution in [3.05, 3.63) is 42.2 Å². The number of ether oxygens (including phenoxy) is 2. The van der Waals surface area contributed by atoms with Gasteiger partial charge in [0.05, 0.1) is 0 Å². The minimum absolute atomic E-state index is 0.405. The number of nitrogens with zero attached hydrogens (tertiary/aromatic N) is 1. The Labute approximate surface area is 97.8 Å². The van der Waals surface area contributed by atoms with Crippen LogP contribution in [-0.4, -0.2) is 11.5 Å². The molecule has 1 aliphatic heterocycles. The molecule has 0 aliphatic carbocycles. The molecule has 0 fully saturated rings. The first kappa shape index (κ1) is 9.84. The summed E-state index contributed by atoms with van der Waals surface area (Å²) in [5, 5.41) is 0. The van der Waals surface area contributed by atoms with Crippen molar-refractivity contribution in [3.63, 3.8) is 0 Å². The minimum Gasteiger partial charge on any atom is -0.488 e. The molecular formula is C13H9NO3. The highest BCUT2D eigenvalue weighted by molar-refractivity contribution is 5.75. The van der Waals surface area contributed by atoms with Crippen molar-refractivity contribution in [3.8, 4) is 22.6 Å². The Morgan fingerprint density at radius 1 is 1.29 bits per heavy atom. The van der Waals surface area contributed by atoms with E-state index in [1.54, 1.807) is 24.5 Å². The van der Waals surface area contributed by atoms with Crippen LogP contribution >= 0.6 is 0 Å². The summed E-state index contributed by atoms with van der Waals surface area (Å²) >= 11 is 0. The van der Waals surface area contributed by atoms with Gasteiger partial charge in [0.1, 0.15) is 18.1 Å². The van der Waals surface area contributed by atoms with Crippen molar-refractivity contribution in [1.29, 1.82) is 0 Å². The Bertz CT molecular complexity index is 581. The molecule has 0 atom stereocenters. The van der Waals surface area contributed by atoms with Crippen molar-refractivity contribution < 1.29 is 14.3 Å². The number of pyridine rings is 1. The molecule has 4 nitrogen and oxygen atoms in total. The molecule has 0 saturated carbocycles. The van der Waals surface area contributed by atoms with E-state index in [2.05, 4.69) is 4.98 Å². The number of aromatic nitrogens is 1. The SMILES string of the molecule is O=COc1ccc2c(c1)OCc1cnccc1-2. The van der Waals surface area contributed by atoms with Gasteiger partial charge in [-0.05, 0) is 23.8 Å². The van der Waals surface area contributed by atoms with Crippen LogP contribution in [0.5, 0.6) is 11.5 Å². The van der Waals surface area contributed by atoms with Gasteiger partial charge < -0.3 is 9.47 Å². The predicted molar refractivity (Wildman–Crippen MR) is 60.7 cm³/mol. The maximum Gasteiger partial charge on any atom is 0.298 e. The summed E-state index contributed by atoms with van der Waals surface area (Å²) in [6, 6.07) is 7.29. The molecule has 0 bridgehead atoms.